The van der Waals surface area contributed by atoms with Crippen molar-refractivity contribution in [2.75, 3.05) is 18.5 Å². The van der Waals surface area contributed by atoms with Gasteiger partial charge >= 0.3 is 0 Å². The van der Waals surface area contributed by atoms with Gasteiger partial charge in [-0.05, 0) is 43.5 Å². The molecule has 0 bridgehead atoms. The molecule has 0 radical (unpaired) electrons. The maximum absolute atomic E-state index is 6.15. The van der Waals surface area contributed by atoms with Crippen molar-refractivity contribution in [2.24, 2.45) is 0 Å². The van der Waals surface area contributed by atoms with Crippen LogP contribution in [0.3, 0.4) is 0 Å². The summed E-state index contributed by atoms with van der Waals surface area (Å²) in [5, 5.41) is 3.64. The fraction of sp³-hybridized carbons (Fsp3) is 0.526. The minimum Gasteiger partial charge on any atom is -0.490 e. The van der Waals surface area contributed by atoms with Crippen LogP contribution in [0.4, 0.5) is 5.69 Å². The van der Waals surface area contributed by atoms with E-state index in [9.17, 15) is 0 Å². The number of aromatic nitrogens is 2. The van der Waals surface area contributed by atoms with Crippen molar-refractivity contribution in [2.45, 2.75) is 51.3 Å². The number of fused-ring (bicyclic) bond motifs is 1. The second-order valence-electron chi connectivity index (χ2n) is 6.73. The Morgan fingerprint density at radius 3 is 2.96 bits per heavy atom. The average Bonchev–Trinajstić information content (AvgIpc) is 3.08. The summed E-state index contributed by atoms with van der Waals surface area (Å²) in [6.45, 7) is 4.79. The van der Waals surface area contributed by atoms with Gasteiger partial charge in [-0.15, -0.1) is 0 Å². The lowest BCUT2D eigenvalue weighted by Gasteiger charge is -2.26. The molecular formula is C19H25N3O2. The Balaban J connectivity index is 1.45. The van der Waals surface area contributed by atoms with Gasteiger partial charge in [-0.1, -0.05) is 0 Å². The first kappa shape index (κ1) is 15.5. The summed E-state index contributed by atoms with van der Waals surface area (Å²) in [4.78, 5) is 4.52. The molecule has 1 atom stereocenters. The van der Waals surface area contributed by atoms with E-state index < -0.39 is 0 Å². The van der Waals surface area contributed by atoms with Crippen LogP contribution in [-0.4, -0.2) is 28.9 Å². The van der Waals surface area contributed by atoms with Gasteiger partial charge < -0.3 is 19.4 Å². The summed E-state index contributed by atoms with van der Waals surface area (Å²) < 4.78 is 13.8. The Kier molecular flexibility index (Phi) is 4.43. The predicted octanol–water partition coefficient (Wildman–Crippen LogP) is 3.70. The third-order valence-electron chi connectivity index (χ3n) is 4.93. The summed E-state index contributed by atoms with van der Waals surface area (Å²) in [7, 11) is 0. The van der Waals surface area contributed by atoms with Gasteiger partial charge in [0.1, 0.15) is 17.7 Å². The largest absolute Gasteiger partial charge is 0.490 e. The van der Waals surface area contributed by atoms with Crippen LogP contribution in [0.2, 0.25) is 0 Å². The van der Waals surface area contributed by atoms with E-state index in [-0.39, 0.29) is 12.1 Å². The highest BCUT2D eigenvalue weighted by molar-refractivity contribution is 5.51. The quantitative estimate of drug-likeness (QED) is 0.930. The lowest BCUT2D eigenvalue weighted by Crippen LogP contribution is -2.26. The third kappa shape index (κ3) is 3.26. The molecule has 1 N–H and O–H groups in total. The Morgan fingerprint density at radius 1 is 1.25 bits per heavy atom. The van der Waals surface area contributed by atoms with Gasteiger partial charge in [0, 0.05) is 37.5 Å². The number of aryl methyl sites for hydroxylation is 2. The number of benzene rings is 1. The van der Waals surface area contributed by atoms with E-state index in [4.69, 9.17) is 9.47 Å². The van der Waals surface area contributed by atoms with Gasteiger partial charge in [-0.25, -0.2) is 4.98 Å². The zero-order valence-electron chi connectivity index (χ0n) is 14.2. The van der Waals surface area contributed by atoms with E-state index in [1.54, 1.807) is 0 Å². The lowest BCUT2D eigenvalue weighted by atomic mass is 10.1. The van der Waals surface area contributed by atoms with E-state index in [1.807, 2.05) is 6.20 Å². The first-order valence-electron chi connectivity index (χ1n) is 8.92. The zero-order chi connectivity index (χ0) is 16.4. The Labute approximate surface area is 143 Å². The summed E-state index contributed by atoms with van der Waals surface area (Å²) in [6.07, 6.45) is 8.50. The number of nitrogens with one attached hydrogen (secondary N) is 1. The molecule has 5 nitrogen and oxygen atoms in total. The summed E-state index contributed by atoms with van der Waals surface area (Å²) in [6, 6.07) is 6.66. The van der Waals surface area contributed by atoms with Gasteiger partial charge in [-0.2, -0.15) is 0 Å². The molecule has 0 aliphatic carbocycles. The Bertz CT molecular complexity index is 692. The van der Waals surface area contributed by atoms with Crippen molar-refractivity contribution >= 4 is 5.69 Å². The van der Waals surface area contributed by atoms with Crippen LogP contribution in [0.15, 0.2) is 30.6 Å². The number of hydrogen-bond acceptors (Lipinski definition) is 4. The fourth-order valence-corrected chi connectivity index (χ4v) is 3.60. The predicted molar refractivity (Wildman–Crippen MR) is 93.5 cm³/mol. The molecule has 128 valence electrons. The summed E-state index contributed by atoms with van der Waals surface area (Å²) in [5.74, 6) is 2.12. The third-order valence-corrected chi connectivity index (χ3v) is 4.93. The molecule has 1 saturated heterocycles. The summed E-state index contributed by atoms with van der Waals surface area (Å²) >= 11 is 0. The van der Waals surface area contributed by atoms with Gasteiger partial charge in [-0.3, -0.25) is 0 Å². The van der Waals surface area contributed by atoms with Crippen LogP contribution in [0.1, 0.15) is 43.1 Å². The number of hydrogen-bond donors (Lipinski definition) is 1. The number of ether oxygens (including phenoxy) is 2. The first-order chi connectivity index (χ1) is 11.8. The van der Waals surface area contributed by atoms with Crippen molar-refractivity contribution in [1.82, 2.24) is 9.55 Å². The minimum atomic E-state index is 0.280. The van der Waals surface area contributed by atoms with Crippen molar-refractivity contribution in [1.29, 1.82) is 0 Å². The normalized spacial score (nSPS) is 21.3. The first-order valence-corrected chi connectivity index (χ1v) is 8.92. The second-order valence-corrected chi connectivity index (χ2v) is 6.73. The van der Waals surface area contributed by atoms with Crippen LogP contribution in [0.25, 0.3) is 0 Å². The molecule has 5 heteroatoms. The van der Waals surface area contributed by atoms with E-state index in [0.29, 0.717) is 0 Å². The monoisotopic (exact) mass is 327 g/mol. The molecular weight excluding hydrogens is 302 g/mol. The standard InChI is InChI=1S/C19H25N3O2/c1-14-13-15(4-5-18(14)24-16-6-11-23-12-7-16)21-17-3-2-9-22-10-8-20-19(17)22/h4-5,8,10,13,16-17,21H,2-3,6-7,9,11-12H2,1H3. The smallest absolute Gasteiger partial charge is 0.131 e. The van der Waals surface area contributed by atoms with E-state index in [1.165, 1.54) is 12.0 Å². The molecule has 2 aromatic rings. The Hall–Kier alpha value is -2.01. The van der Waals surface area contributed by atoms with Gasteiger partial charge in [0.2, 0.25) is 0 Å². The SMILES string of the molecule is Cc1cc(NC2CCCn3ccnc32)ccc1OC1CCOCC1. The highest BCUT2D eigenvalue weighted by Crippen LogP contribution is 2.30. The molecule has 3 heterocycles. The molecule has 2 aliphatic heterocycles. The van der Waals surface area contributed by atoms with Crippen LogP contribution in [-0.2, 0) is 11.3 Å². The molecule has 24 heavy (non-hydrogen) atoms. The van der Waals surface area contributed by atoms with Crippen LogP contribution >= 0.6 is 0 Å². The van der Waals surface area contributed by atoms with Crippen molar-refractivity contribution < 1.29 is 9.47 Å². The van der Waals surface area contributed by atoms with E-state index >= 15 is 0 Å². The maximum atomic E-state index is 6.15. The van der Waals surface area contributed by atoms with E-state index in [2.05, 4.69) is 46.2 Å². The molecule has 0 amide bonds. The van der Waals surface area contributed by atoms with E-state index in [0.717, 1.165) is 56.3 Å². The van der Waals surface area contributed by atoms with Crippen molar-refractivity contribution in [3.8, 4) is 5.75 Å². The van der Waals surface area contributed by atoms with Crippen molar-refractivity contribution in [3.63, 3.8) is 0 Å². The molecule has 1 unspecified atom stereocenters. The summed E-state index contributed by atoms with van der Waals surface area (Å²) in [5.41, 5.74) is 2.30. The van der Waals surface area contributed by atoms with Crippen molar-refractivity contribution in [3.05, 3.63) is 42.0 Å². The topological polar surface area (TPSA) is 48.3 Å². The molecule has 0 saturated carbocycles. The second kappa shape index (κ2) is 6.85. The highest BCUT2D eigenvalue weighted by atomic mass is 16.5. The molecule has 1 fully saturated rings. The number of rotatable bonds is 4. The zero-order valence-corrected chi connectivity index (χ0v) is 14.2. The number of nitrogens with zero attached hydrogens (tertiary/aromatic N) is 2. The molecule has 0 spiro atoms. The average molecular weight is 327 g/mol. The highest BCUT2D eigenvalue weighted by Gasteiger charge is 2.21. The van der Waals surface area contributed by atoms with Gasteiger partial charge in [0.15, 0.2) is 0 Å². The van der Waals surface area contributed by atoms with Crippen LogP contribution in [0.5, 0.6) is 5.75 Å². The molecule has 1 aromatic heterocycles. The molecule has 2 aliphatic rings. The van der Waals surface area contributed by atoms with Crippen LogP contribution in [0, 0.1) is 6.92 Å². The minimum absolute atomic E-state index is 0.280. The van der Waals surface area contributed by atoms with Gasteiger partial charge in [0.05, 0.1) is 19.3 Å². The molecule has 4 rings (SSSR count). The maximum Gasteiger partial charge on any atom is 0.131 e. The fourth-order valence-electron chi connectivity index (χ4n) is 3.60. The number of anilines is 1. The van der Waals surface area contributed by atoms with Crippen LogP contribution < -0.4 is 10.1 Å². The Morgan fingerprint density at radius 2 is 2.12 bits per heavy atom. The molecule has 1 aromatic carbocycles. The number of imidazole rings is 1. The van der Waals surface area contributed by atoms with Gasteiger partial charge in [0.25, 0.3) is 0 Å². The lowest BCUT2D eigenvalue weighted by molar-refractivity contribution is 0.0253.